The van der Waals surface area contributed by atoms with Gasteiger partial charge in [0.05, 0.1) is 0 Å². The molecule has 0 amide bonds. The van der Waals surface area contributed by atoms with Gasteiger partial charge < -0.3 is 5.11 Å². The summed E-state index contributed by atoms with van der Waals surface area (Å²) in [5.41, 5.74) is 4.45. The van der Waals surface area contributed by atoms with E-state index in [1.165, 1.54) is 0 Å². The molecule has 0 radical (unpaired) electrons. The summed E-state index contributed by atoms with van der Waals surface area (Å²) in [5.74, 6) is 0.294. The third-order valence-electron chi connectivity index (χ3n) is 2.94. The second-order valence-electron chi connectivity index (χ2n) is 3.95. The van der Waals surface area contributed by atoms with Crippen molar-refractivity contribution in [3.8, 4) is 16.9 Å². The number of benzene rings is 2. The van der Waals surface area contributed by atoms with Crippen LogP contribution in [0, 0.1) is 6.92 Å². The van der Waals surface area contributed by atoms with Crippen molar-refractivity contribution in [2.45, 2.75) is 6.92 Å². The number of aromatic hydroxyl groups is 1. The number of rotatable bonds is 1. The van der Waals surface area contributed by atoms with Gasteiger partial charge in [0.25, 0.3) is 0 Å². The smallest absolute Gasteiger partial charge is 0.120 e. The standard InChI is InChI=1S/C13H11N3O/c1-8-9(4-3-7-12(8)17)10-5-2-6-11-13(10)15-16-14-11/h2-7,17H,1H3,(H,14,15,16). The largest absolute Gasteiger partial charge is 0.508 e. The molecule has 0 fully saturated rings. The van der Waals surface area contributed by atoms with Crippen LogP contribution >= 0.6 is 0 Å². The summed E-state index contributed by atoms with van der Waals surface area (Å²) in [6, 6.07) is 11.3. The molecular weight excluding hydrogens is 214 g/mol. The first-order valence-corrected chi connectivity index (χ1v) is 5.36. The summed E-state index contributed by atoms with van der Waals surface area (Å²) in [5, 5.41) is 20.6. The minimum absolute atomic E-state index is 0.294. The van der Waals surface area contributed by atoms with Crippen molar-refractivity contribution in [2.24, 2.45) is 0 Å². The van der Waals surface area contributed by atoms with Gasteiger partial charge in [-0.2, -0.15) is 15.4 Å². The second-order valence-corrected chi connectivity index (χ2v) is 3.95. The van der Waals surface area contributed by atoms with E-state index in [0.29, 0.717) is 5.75 Å². The highest BCUT2D eigenvalue weighted by Gasteiger charge is 2.10. The van der Waals surface area contributed by atoms with Crippen molar-refractivity contribution in [3.05, 3.63) is 42.0 Å². The molecule has 2 aromatic carbocycles. The van der Waals surface area contributed by atoms with Gasteiger partial charge in [0.15, 0.2) is 0 Å². The number of phenols is 1. The van der Waals surface area contributed by atoms with E-state index in [9.17, 15) is 5.11 Å². The highest BCUT2D eigenvalue weighted by atomic mass is 16.3. The molecule has 1 heterocycles. The maximum Gasteiger partial charge on any atom is 0.120 e. The summed E-state index contributed by atoms with van der Waals surface area (Å²) in [4.78, 5) is 0. The Morgan fingerprint density at radius 2 is 1.76 bits per heavy atom. The zero-order valence-electron chi connectivity index (χ0n) is 9.31. The molecule has 3 rings (SSSR count). The normalized spacial score (nSPS) is 10.9. The minimum atomic E-state index is 0.294. The monoisotopic (exact) mass is 225 g/mol. The van der Waals surface area contributed by atoms with Crippen molar-refractivity contribution in [2.75, 3.05) is 0 Å². The molecular formula is C13H11N3O. The van der Waals surface area contributed by atoms with E-state index >= 15 is 0 Å². The summed E-state index contributed by atoms with van der Waals surface area (Å²) < 4.78 is 0. The molecule has 0 aliphatic heterocycles. The molecule has 1 aromatic heterocycles. The topological polar surface area (TPSA) is 61.8 Å². The number of aromatic nitrogens is 3. The van der Waals surface area contributed by atoms with Crippen molar-refractivity contribution in [3.63, 3.8) is 0 Å². The number of nitrogens with one attached hydrogen (secondary N) is 1. The average Bonchev–Trinajstić information content (AvgIpc) is 2.81. The van der Waals surface area contributed by atoms with Gasteiger partial charge in [0.1, 0.15) is 16.8 Å². The Morgan fingerprint density at radius 1 is 1.00 bits per heavy atom. The Morgan fingerprint density at radius 3 is 2.65 bits per heavy atom. The van der Waals surface area contributed by atoms with Crippen LogP contribution in [0.25, 0.3) is 22.2 Å². The lowest BCUT2D eigenvalue weighted by molar-refractivity contribution is 0.471. The quantitative estimate of drug-likeness (QED) is 0.669. The average molecular weight is 225 g/mol. The third-order valence-corrected chi connectivity index (χ3v) is 2.94. The molecule has 0 saturated heterocycles. The Balaban J connectivity index is 2.34. The second kappa shape index (κ2) is 3.59. The first-order chi connectivity index (χ1) is 8.27. The summed E-state index contributed by atoms with van der Waals surface area (Å²) in [6.07, 6.45) is 0. The SMILES string of the molecule is Cc1c(O)cccc1-c1cccc2n[nH]nc12. The van der Waals surface area contributed by atoms with Crippen LogP contribution in [0.5, 0.6) is 5.75 Å². The summed E-state index contributed by atoms with van der Waals surface area (Å²) in [6.45, 7) is 1.89. The molecule has 0 atom stereocenters. The highest BCUT2D eigenvalue weighted by Crippen LogP contribution is 2.32. The van der Waals surface area contributed by atoms with Gasteiger partial charge in [-0.1, -0.05) is 24.3 Å². The van der Waals surface area contributed by atoms with Crippen molar-refractivity contribution in [1.29, 1.82) is 0 Å². The number of nitrogens with zero attached hydrogens (tertiary/aromatic N) is 2. The molecule has 0 aliphatic rings. The van der Waals surface area contributed by atoms with E-state index < -0.39 is 0 Å². The fourth-order valence-electron chi connectivity index (χ4n) is 2.00. The highest BCUT2D eigenvalue weighted by molar-refractivity contribution is 5.92. The van der Waals surface area contributed by atoms with E-state index in [2.05, 4.69) is 15.4 Å². The van der Waals surface area contributed by atoms with Gasteiger partial charge >= 0.3 is 0 Å². The number of para-hydroxylation sites is 1. The van der Waals surface area contributed by atoms with E-state index in [-0.39, 0.29) is 0 Å². The van der Waals surface area contributed by atoms with Crippen LogP contribution in [0.1, 0.15) is 5.56 Å². The fraction of sp³-hybridized carbons (Fsp3) is 0.0769. The lowest BCUT2D eigenvalue weighted by Crippen LogP contribution is -1.85. The molecule has 0 spiro atoms. The lowest BCUT2D eigenvalue weighted by Gasteiger charge is -2.07. The van der Waals surface area contributed by atoms with Gasteiger partial charge in [-0.15, -0.1) is 0 Å². The summed E-state index contributed by atoms with van der Waals surface area (Å²) >= 11 is 0. The third kappa shape index (κ3) is 1.45. The van der Waals surface area contributed by atoms with Crippen LogP contribution in [-0.4, -0.2) is 20.5 Å². The Labute approximate surface area is 97.9 Å². The Bertz CT molecular complexity index is 688. The van der Waals surface area contributed by atoms with E-state index in [1.807, 2.05) is 37.3 Å². The molecule has 0 saturated carbocycles. The fourth-order valence-corrected chi connectivity index (χ4v) is 2.00. The van der Waals surface area contributed by atoms with Crippen LogP contribution in [-0.2, 0) is 0 Å². The predicted octanol–water partition coefficient (Wildman–Crippen LogP) is 2.64. The summed E-state index contributed by atoms with van der Waals surface area (Å²) in [7, 11) is 0. The number of H-pyrrole nitrogens is 1. The van der Waals surface area contributed by atoms with Gasteiger partial charge in [-0.25, -0.2) is 0 Å². The van der Waals surface area contributed by atoms with Crippen molar-refractivity contribution < 1.29 is 5.11 Å². The van der Waals surface area contributed by atoms with Gasteiger partial charge in [-0.05, 0) is 30.2 Å². The first-order valence-electron chi connectivity index (χ1n) is 5.36. The van der Waals surface area contributed by atoms with Gasteiger partial charge in [0.2, 0.25) is 0 Å². The predicted molar refractivity (Wildman–Crippen MR) is 65.7 cm³/mol. The first kappa shape index (κ1) is 9.84. The van der Waals surface area contributed by atoms with Crippen LogP contribution < -0.4 is 0 Å². The molecule has 4 heteroatoms. The van der Waals surface area contributed by atoms with Crippen LogP contribution in [0.15, 0.2) is 36.4 Å². The van der Waals surface area contributed by atoms with Crippen molar-refractivity contribution in [1.82, 2.24) is 15.4 Å². The van der Waals surface area contributed by atoms with E-state index in [1.54, 1.807) is 6.07 Å². The number of hydrogen-bond acceptors (Lipinski definition) is 3. The molecule has 0 unspecified atom stereocenters. The maximum absolute atomic E-state index is 9.74. The van der Waals surface area contributed by atoms with Crippen LogP contribution in [0.3, 0.4) is 0 Å². The molecule has 3 aromatic rings. The maximum atomic E-state index is 9.74. The molecule has 84 valence electrons. The van der Waals surface area contributed by atoms with E-state index in [4.69, 9.17) is 0 Å². The minimum Gasteiger partial charge on any atom is -0.508 e. The number of aromatic amines is 1. The Kier molecular flexibility index (Phi) is 2.08. The van der Waals surface area contributed by atoms with Crippen LogP contribution in [0.4, 0.5) is 0 Å². The molecule has 0 aliphatic carbocycles. The lowest BCUT2D eigenvalue weighted by atomic mass is 9.99. The van der Waals surface area contributed by atoms with Crippen molar-refractivity contribution >= 4 is 11.0 Å². The Hall–Kier alpha value is -2.36. The number of phenolic OH excluding ortho intramolecular Hbond substituents is 1. The zero-order chi connectivity index (χ0) is 11.8. The number of hydrogen-bond donors (Lipinski definition) is 2. The van der Waals surface area contributed by atoms with Crippen LogP contribution in [0.2, 0.25) is 0 Å². The van der Waals surface area contributed by atoms with Gasteiger partial charge in [-0.3, -0.25) is 0 Å². The molecule has 0 bridgehead atoms. The van der Waals surface area contributed by atoms with E-state index in [0.717, 1.165) is 27.7 Å². The molecule has 4 nitrogen and oxygen atoms in total. The van der Waals surface area contributed by atoms with Gasteiger partial charge in [0, 0.05) is 5.56 Å². The molecule has 2 N–H and O–H groups in total. The zero-order valence-corrected chi connectivity index (χ0v) is 9.31. The number of fused-ring (bicyclic) bond motifs is 1. The molecule has 17 heavy (non-hydrogen) atoms.